The number of piperidine rings is 1. The molecule has 2 atom stereocenters. The summed E-state index contributed by atoms with van der Waals surface area (Å²) in [5, 5.41) is 58.4. The van der Waals surface area contributed by atoms with Crippen LogP contribution in [-0.2, 0) is 26.7 Å². The van der Waals surface area contributed by atoms with Gasteiger partial charge in [0.05, 0.1) is 40.3 Å². The van der Waals surface area contributed by atoms with E-state index in [1.807, 2.05) is 110 Å². The molecule has 562 valence electrons. The average molecular weight is 1500 g/mol. The molecular weight excluding hydrogens is 1410 g/mol. The Kier molecular flexibility index (Phi) is 19.8. The Bertz CT molecular complexity index is 6000. The zero-order valence-electron chi connectivity index (χ0n) is 62.8. The topological polar surface area (TPSA) is 337 Å². The molecule has 5 aliphatic rings. The number of benzene rings is 2. The Morgan fingerprint density at radius 2 is 0.894 bits per heavy atom. The zero-order chi connectivity index (χ0) is 77.2. The molecule has 0 aliphatic carbocycles. The second kappa shape index (κ2) is 31.1. The van der Waals surface area contributed by atoms with Crippen LogP contribution in [0.4, 0.5) is 34.9 Å². The van der Waals surface area contributed by atoms with Gasteiger partial charge in [0.25, 0.3) is 0 Å². The lowest BCUT2D eigenvalue weighted by atomic mass is 9.87. The molecule has 2 bridgehead atoms. The minimum atomic E-state index is 0.207. The Hall–Kier alpha value is -14.1. The van der Waals surface area contributed by atoms with E-state index in [0.29, 0.717) is 45.3 Å². The number of anilines is 6. The van der Waals surface area contributed by atoms with Crippen LogP contribution in [0.25, 0.3) is 83.4 Å². The predicted molar refractivity (Wildman–Crippen MR) is 436 cm³/mol. The molecule has 2 unspecified atom stereocenters. The van der Waals surface area contributed by atoms with Crippen LogP contribution >= 0.6 is 0 Å². The van der Waals surface area contributed by atoms with Gasteiger partial charge in [0, 0.05) is 233 Å². The van der Waals surface area contributed by atoms with Gasteiger partial charge in [-0.1, -0.05) is 66.7 Å². The maximum absolute atomic E-state index is 9.83. The van der Waals surface area contributed by atoms with Crippen molar-refractivity contribution < 1.29 is 0 Å². The van der Waals surface area contributed by atoms with Crippen molar-refractivity contribution in [3.63, 3.8) is 0 Å². The van der Waals surface area contributed by atoms with E-state index < -0.39 is 0 Å². The van der Waals surface area contributed by atoms with Gasteiger partial charge in [0.2, 0.25) is 0 Å². The molecule has 0 radical (unpaired) electrons. The van der Waals surface area contributed by atoms with Gasteiger partial charge in [-0.05, 0) is 104 Å². The molecular formula is C85H82N28. The van der Waals surface area contributed by atoms with Crippen LogP contribution in [0, 0.1) is 34.0 Å². The van der Waals surface area contributed by atoms with Gasteiger partial charge < -0.3 is 31.9 Å². The highest BCUT2D eigenvalue weighted by molar-refractivity contribution is 5.93. The summed E-state index contributed by atoms with van der Waals surface area (Å²) in [6.45, 7) is 16.6. The molecule has 113 heavy (non-hydrogen) atoms. The monoisotopic (exact) mass is 1490 g/mol. The highest BCUT2D eigenvalue weighted by Gasteiger charge is 2.45. The van der Waals surface area contributed by atoms with Crippen LogP contribution in [0.3, 0.4) is 0 Å². The Labute approximate surface area is 652 Å². The van der Waals surface area contributed by atoms with Gasteiger partial charge in [-0.2, -0.15) is 31.1 Å². The number of nitrogens with zero attached hydrogens (tertiary/aromatic N) is 24. The fraction of sp³-hybridized carbons (Fsp3) is 0.235. The molecule has 5 saturated heterocycles. The van der Waals surface area contributed by atoms with Crippen molar-refractivity contribution in [2.24, 2.45) is 7.05 Å². The van der Waals surface area contributed by atoms with Gasteiger partial charge >= 0.3 is 0 Å². The summed E-state index contributed by atoms with van der Waals surface area (Å²) in [5.74, 6) is 3.51. The minimum absolute atomic E-state index is 0.207. The van der Waals surface area contributed by atoms with E-state index in [-0.39, 0.29) is 23.5 Å². The van der Waals surface area contributed by atoms with Crippen LogP contribution in [0.1, 0.15) is 59.8 Å². The first-order chi connectivity index (χ1) is 55.3. The molecule has 5 fully saturated rings. The molecule has 2 aromatic carbocycles. The smallest absolute Gasteiger partial charge is 0.164 e. The van der Waals surface area contributed by atoms with Gasteiger partial charge in [-0.3, -0.25) is 34.1 Å². The van der Waals surface area contributed by atoms with Crippen molar-refractivity contribution >= 4 is 51.5 Å². The fourth-order valence-corrected chi connectivity index (χ4v) is 15.8. The van der Waals surface area contributed by atoms with Crippen molar-refractivity contribution in [2.75, 3.05) is 97.3 Å². The van der Waals surface area contributed by atoms with E-state index in [2.05, 4.69) is 211 Å². The first-order valence-electron chi connectivity index (χ1n) is 37.8. The highest BCUT2D eigenvalue weighted by Crippen LogP contribution is 2.40. The van der Waals surface area contributed by atoms with Gasteiger partial charge in [-0.15, -0.1) is 15.3 Å². The van der Waals surface area contributed by atoms with Crippen LogP contribution < -0.4 is 31.9 Å². The molecule has 18 heterocycles. The zero-order valence-corrected chi connectivity index (χ0v) is 62.8. The Balaban J connectivity index is 0.000000123. The quantitative estimate of drug-likeness (QED) is 0.0698. The number of nitriles is 3. The number of piperazine rings is 3. The number of fused-ring (bicyclic) bond motifs is 5. The van der Waals surface area contributed by atoms with E-state index in [1.165, 1.54) is 17.5 Å². The van der Waals surface area contributed by atoms with Crippen LogP contribution in [0.2, 0.25) is 0 Å². The van der Waals surface area contributed by atoms with E-state index in [4.69, 9.17) is 32.2 Å². The molecule has 0 spiro atoms. The molecule has 7 N–H and O–H groups in total. The number of nitrogens with two attached hydrogens (primary N) is 3. The second-order valence-electron chi connectivity index (χ2n) is 29.3. The third-order valence-electron chi connectivity index (χ3n) is 21.7. The number of pyridine rings is 7. The average Bonchev–Trinajstić information content (AvgIpc) is 1.42. The molecule has 0 amide bonds. The van der Waals surface area contributed by atoms with E-state index in [9.17, 15) is 15.8 Å². The molecule has 28 nitrogen and oxygen atoms in total. The van der Waals surface area contributed by atoms with Crippen molar-refractivity contribution in [3.8, 4) is 85.1 Å². The number of aromatic amines is 1. The van der Waals surface area contributed by atoms with E-state index >= 15 is 0 Å². The normalized spacial score (nSPS) is 15.8. The maximum Gasteiger partial charge on any atom is 0.164 e. The fourth-order valence-electron chi connectivity index (χ4n) is 15.8. The molecule has 20 rings (SSSR count). The van der Waals surface area contributed by atoms with Gasteiger partial charge in [0.1, 0.15) is 52.4 Å². The lowest BCUT2D eigenvalue weighted by molar-refractivity contribution is -0.00967. The molecule has 13 aromatic heterocycles. The summed E-state index contributed by atoms with van der Waals surface area (Å²) >= 11 is 0. The summed E-state index contributed by atoms with van der Waals surface area (Å²) < 4.78 is 8.74. The Morgan fingerprint density at radius 3 is 1.30 bits per heavy atom. The van der Waals surface area contributed by atoms with Crippen molar-refractivity contribution in [1.29, 1.82) is 15.8 Å². The third kappa shape index (κ3) is 14.8. The molecule has 5 aliphatic heterocycles. The number of H-pyrrole nitrogens is 1. The van der Waals surface area contributed by atoms with Crippen molar-refractivity contribution in [1.82, 2.24) is 93.2 Å². The summed E-state index contributed by atoms with van der Waals surface area (Å²) in [6.07, 6.45) is 23.7. The lowest BCUT2D eigenvalue weighted by Gasteiger charge is -2.56. The van der Waals surface area contributed by atoms with E-state index in [0.717, 1.165) is 175 Å². The molecule has 28 heteroatoms. The third-order valence-corrected chi connectivity index (χ3v) is 21.7. The Morgan fingerprint density at radius 1 is 0.442 bits per heavy atom. The standard InChI is InChI=1S/C30H31N9.C28H26N10.C27H25N9/c1-21(2)38-20-25(17-34-38)24-14-26(29-27(15-31)30(32)35-39(29)19-24)23-8-9-28(33-16-23)37-12-10-36(11-13-37)18-22-6-4-3-5-7-22;1-35-13-20(12-33-35)19-8-24(27-25(10-29)28(30)34-38(27)14-19)18-5-6-26(32-11-18)36-16-22-9-23(17-36)37(22)15-21-4-2-3-7-31-21;28-15-23-26-22(14-21(24-8-9-31-32-24)18-36(26)33-27(23)29)20-6-7-25(30-16-20)35-12-10-34(11-13-35)17-19-4-2-1-3-5-19/h3-9,14,16-17,19-21H,10-13,18H2,1-2H3,(H2,32,35);2-8,11-14,22-23H,9,15-17H2,1H3,(H2,30,34);1-9,14,16,18H,10-13,17H2,(H2,29,33)(H,31,32). The first kappa shape index (κ1) is 71.8. The van der Waals surface area contributed by atoms with Crippen molar-refractivity contribution in [2.45, 2.75) is 58.0 Å². The predicted octanol–water partition coefficient (Wildman–Crippen LogP) is 11.3. The highest BCUT2D eigenvalue weighted by atomic mass is 15.4. The molecule has 0 saturated carbocycles. The number of hydrogen-bond acceptors (Lipinski definition) is 22. The van der Waals surface area contributed by atoms with Crippen LogP contribution in [0.5, 0.6) is 0 Å². The largest absolute Gasteiger partial charge is 0.381 e. The minimum Gasteiger partial charge on any atom is -0.381 e. The number of hydrogen-bond donors (Lipinski definition) is 4. The van der Waals surface area contributed by atoms with Gasteiger partial charge in [0.15, 0.2) is 17.5 Å². The number of aryl methyl sites for hydroxylation is 1. The lowest BCUT2D eigenvalue weighted by Crippen LogP contribution is -2.68. The van der Waals surface area contributed by atoms with Crippen LogP contribution in [0.15, 0.2) is 214 Å². The second-order valence-corrected chi connectivity index (χ2v) is 29.3. The SMILES string of the molecule is CC(C)n1cc(-c2cc(-c3ccc(N4CCN(Cc5ccccc5)CC4)nc3)c3c(C#N)c(N)nn3c2)cn1.Cn1cc(-c2cc(-c3ccc(N4CC5CC(C4)N5Cc4ccccn4)nc3)c3c(C#N)c(N)nn3c2)cn1.N#Cc1c(N)nn2cc(-c3ccn[nH]3)cc(-c3ccc(N4CCN(Cc5ccccc5)CC4)nc3)c12. The summed E-state index contributed by atoms with van der Waals surface area (Å²) in [7, 11) is 1.88. The molecule has 15 aromatic rings. The van der Waals surface area contributed by atoms with E-state index in [1.54, 1.807) is 24.4 Å². The number of aromatic nitrogens is 16. The number of nitrogens with one attached hydrogen (secondary N) is 1. The first-order valence-corrected chi connectivity index (χ1v) is 37.8. The van der Waals surface area contributed by atoms with Crippen molar-refractivity contribution in [3.05, 3.63) is 247 Å². The number of rotatable bonds is 16. The summed E-state index contributed by atoms with van der Waals surface area (Å²) in [4.78, 5) is 33.5. The summed E-state index contributed by atoms with van der Waals surface area (Å²) in [5.41, 5.74) is 36.0. The summed E-state index contributed by atoms with van der Waals surface area (Å²) in [6, 6.07) is 55.7. The maximum atomic E-state index is 9.83. The van der Waals surface area contributed by atoms with Gasteiger partial charge in [-0.25, -0.2) is 28.5 Å². The van der Waals surface area contributed by atoms with Crippen LogP contribution in [-0.4, -0.2) is 171 Å². The number of nitrogen functional groups attached to an aromatic ring is 3.